The molecule has 0 spiro atoms. The van der Waals surface area contributed by atoms with E-state index in [9.17, 15) is 18.0 Å². The van der Waals surface area contributed by atoms with Crippen LogP contribution >= 0.6 is 11.8 Å². The zero-order valence-corrected chi connectivity index (χ0v) is 18.4. The fourth-order valence-electron chi connectivity index (χ4n) is 3.37. The number of nitrogens with zero attached hydrogens (tertiary/aromatic N) is 1. The molecule has 2 atom stereocenters. The summed E-state index contributed by atoms with van der Waals surface area (Å²) in [6.07, 6.45) is -3.69. The van der Waals surface area contributed by atoms with E-state index >= 15 is 0 Å². The number of oxazole rings is 1. The number of carboxylic acids is 1. The Balaban J connectivity index is 1.34. The Bertz CT molecular complexity index is 1110. The third kappa shape index (κ3) is 5.69. The van der Waals surface area contributed by atoms with Crippen molar-refractivity contribution in [2.45, 2.75) is 37.5 Å². The molecule has 1 aliphatic rings. The van der Waals surface area contributed by atoms with E-state index in [0.29, 0.717) is 34.9 Å². The van der Waals surface area contributed by atoms with Gasteiger partial charge in [-0.25, -0.2) is 4.98 Å². The lowest BCUT2D eigenvalue weighted by Crippen LogP contribution is -2.37. The van der Waals surface area contributed by atoms with Gasteiger partial charge in [-0.15, -0.1) is 11.8 Å². The number of alkyl halides is 3. The van der Waals surface area contributed by atoms with Crippen molar-refractivity contribution >= 4 is 17.7 Å². The second kappa shape index (κ2) is 9.48. The summed E-state index contributed by atoms with van der Waals surface area (Å²) in [4.78, 5) is 15.4. The van der Waals surface area contributed by atoms with E-state index in [1.165, 1.54) is 12.1 Å². The number of halogens is 3. The smallest absolute Gasteiger partial charge is 0.416 e. The molecule has 1 unspecified atom stereocenters. The maximum atomic E-state index is 12.7. The highest BCUT2D eigenvalue weighted by Gasteiger charge is 2.30. The largest absolute Gasteiger partial charge is 0.487 e. The van der Waals surface area contributed by atoms with Crippen molar-refractivity contribution in [3.63, 3.8) is 0 Å². The number of aryl methyl sites for hydroxylation is 1. The summed E-state index contributed by atoms with van der Waals surface area (Å²) < 4.78 is 49.6. The van der Waals surface area contributed by atoms with Gasteiger partial charge in [0.15, 0.2) is 0 Å². The normalized spacial score (nSPS) is 18.4. The summed E-state index contributed by atoms with van der Waals surface area (Å²) in [5.74, 6) is 1.11. The van der Waals surface area contributed by atoms with E-state index in [2.05, 4.69) is 10.3 Å². The van der Waals surface area contributed by atoms with Gasteiger partial charge < -0.3 is 14.3 Å². The van der Waals surface area contributed by atoms with Crippen LogP contribution in [0.15, 0.2) is 52.9 Å². The molecule has 0 bridgehead atoms. The van der Waals surface area contributed by atoms with Gasteiger partial charge in [0.2, 0.25) is 5.89 Å². The van der Waals surface area contributed by atoms with Crippen LogP contribution in [0.2, 0.25) is 0 Å². The van der Waals surface area contributed by atoms with E-state index in [0.717, 1.165) is 17.7 Å². The minimum absolute atomic E-state index is 0.0549. The molecule has 0 amide bonds. The predicted molar refractivity (Wildman–Crippen MR) is 117 cm³/mol. The SMILES string of the molecule is Cc1oc(-c2ccc(C(F)(F)F)cc2)nc1COc1ccc(C[C@@H]2NC(C(=O)O)CS2)cc1. The van der Waals surface area contributed by atoms with E-state index < -0.39 is 23.8 Å². The maximum Gasteiger partial charge on any atom is 0.416 e. The van der Waals surface area contributed by atoms with E-state index in [1.54, 1.807) is 18.7 Å². The standard InChI is InChI=1S/C23H21F3N2O4S/c1-13-18(28-21(32-13)15-4-6-16(7-5-15)23(24,25)26)11-31-17-8-2-14(3-9-17)10-20-27-19(12-33-20)22(29)30/h2-9,19-20,27H,10-12H2,1H3,(H,29,30)/t19?,20-/m1/s1. The van der Waals surface area contributed by atoms with Gasteiger partial charge in [-0.05, 0) is 55.3 Å². The Hall–Kier alpha value is -2.98. The minimum Gasteiger partial charge on any atom is -0.487 e. The number of benzene rings is 2. The lowest BCUT2D eigenvalue weighted by molar-refractivity contribution is -0.139. The summed E-state index contributed by atoms with van der Waals surface area (Å²) in [6, 6.07) is 11.6. The lowest BCUT2D eigenvalue weighted by atomic mass is 10.1. The number of carbonyl (C=O) groups is 1. The molecule has 2 aromatic carbocycles. The second-order valence-corrected chi connectivity index (χ2v) is 8.85. The van der Waals surface area contributed by atoms with Crippen molar-refractivity contribution in [3.8, 4) is 17.2 Å². The van der Waals surface area contributed by atoms with Crippen LogP contribution in [0.3, 0.4) is 0 Å². The lowest BCUT2D eigenvalue weighted by Gasteiger charge is -2.11. The van der Waals surface area contributed by atoms with Crippen LogP contribution in [0.1, 0.15) is 22.6 Å². The van der Waals surface area contributed by atoms with Crippen molar-refractivity contribution in [3.05, 3.63) is 71.1 Å². The molecule has 0 saturated carbocycles. The second-order valence-electron chi connectivity index (χ2n) is 7.61. The molecular weight excluding hydrogens is 457 g/mol. The zero-order valence-electron chi connectivity index (χ0n) is 17.6. The third-order valence-electron chi connectivity index (χ3n) is 5.22. The van der Waals surface area contributed by atoms with Crippen LogP contribution < -0.4 is 10.1 Å². The molecule has 1 fully saturated rings. The molecule has 1 saturated heterocycles. The first-order chi connectivity index (χ1) is 15.7. The Morgan fingerprint density at radius 1 is 1.21 bits per heavy atom. The summed E-state index contributed by atoms with van der Waals surface area (Å²) >= 11 is 1.59. The molecule has 0 radical (unpaired) electrons. The van der Waals surface area contributed by atoms with E-state index in [1.807, 2.05) is 24.3 Å². The van der Waals surface area contributed by atoms with Crippen molar-refractivity contribution in [2.75, 3.05) is 5.75 Å². The number of aliphatic carboxylic acids is 1. The number of aromatic nitrogens is 1. The van der Waals surface area contributed by atoms with Crippen LogP contribution in [0.5, 0.6) is 5.75 Å². The van der Waals surface area contributed by atoms with E-state index in [4.69, 9.17) is 14.3 Å². The van der Waals surface area contributed by atoms with Gasteiger partial charge in [0.25, 0.3) is 0 Å². The molecule has 1 aliphatic heterocycles. The van der Waals surface area contributed by atoms with Crippen molar-refractivity contribution in [1.29, 1.82) is 0 Å². The number of hydrogen-bond acceptors (Lipinski definition) is 6. The fourth-order valence-corrected chi connectivity index (χ4v) is 4.60. The molecular formula is C23H21F3N2O4S. The van der Waals surface area contributed by atoms with Gasteiger partial charge in [-0.2, -0.15) is 13.2 Å². The number of ether oxygens (including phenoxy) is 1. The molecule has 0 aliphatic carbocycles. The van der Waals surface area contributed by atoms with Gasteiger partial charge in [0, 0.05) is 11.3 Å². The number of thioether (sulfide) groups is 1. The Morgan fingerprint density at radius 2 is 1.91 bits per heavy atom. The molecule has 6 nitrogen and oxygen atoms in total. The van der Waals surface area contributed by atoms with Gasteiger partial charge in [-0.3, -0.25) is 10.1 Å². The molecule has 10 heteroatoms. The highest BCUT2D eigenvalue weighted by molar-refractivity contribution is 8.00. The molecule has 2 N–H and O–H groups in total. The average molecular weight is 478 g/mol. The quantitative estimate of drug-likeness (QED) is 0.499. The third-order valence-corrected chi connectivity index (χ3v) is 6.45. The molecule has 2 heterocycles. The monoisotopic (exact) mass is 478 g/mol. The minimum atomic E-state index is -4.40. The number of hydrogen-bond donors (Lipinski definition) is 2. The van der Waals surface area contributed by atoms with Crippen LogP contribution in [-0.4, -0.2) is 33.2 Å². The summed E-state index contributed by atoms with van der Waals surface area (Å²) in [7, 11) is 0. The molecule has 33 heavy (non-hydrogen) atoms. The van der Waals surface area contributed by atoms with Crippen LogP contribution in [0.4, 0.5) is 13.2 Å². The van der Waals surface area contributed by atoms with Crippen LogP contribution in [0, 0.1) is 6.92 Å². The number of nitrogens with one attached hydrogen (secondary N) is 1. The van der Waals surface area contributed by atoms with Crippen LogP contribution in [0.25, 0.3) is 11.5 Å². The Morgan fingerprint density at radius 3 is 2.52 bits per heavy atom. The van der Waals surface area contributed by atoms with Gasteiger partial charge >= 0.3 is 12.1 Å². The number of rotatable bonds is 7. The van der Waals surface area contributed by atoms with Gasteiger partial charge in [0.05, 0.1) is 10.9 Å². The first kappa shape index (κ1) is 23.2. The van der Waals surface area contributed by atoms with E-state index in [-0.39, 0.29) is 17.9 Å². The average Bonchev–Trinajstić information content (AvgIpc) is 3.39. The predicted octanol–water partition coefficient (Wildman–Crippen LogP) is 4.91. The summed E-state index contributed by atoms with van der Waals surface area (Å²) in [6.45, 7) is 1.87. The molecule has 174 valence electrons. The first-order valence-corrected chi connectivity index (χ1v) is 11.2. The van der Waals surface area contributed by atoms with Gasteiger partial charge in [0.1, 0.15) is 29.9 Å². The van der Waals surface area contributed by atoms with Crippen molar-refractivity contribution in [2.24, 2.45) is 0 Å². The molecule has 3 aromatic rings. The Kier molecular flexibility index (Phi) is 6.66. The van der Waals surface area contributed by atoms with Crippen LogP contribution in [-0.2, 0) is 24.0 Å². The number of carboxylic acid groups (broad SMARTS) is 1. The van der Waals surface area contributed by atoms with Crippen molar-refractivity contribution < 1.29 is 32.2 Å². The summed E-state index contributed by atoms with van der Waals surface area (Å²) in [5.41, 5.74) is 1.33. The first-order valence-electron chi connectivity index (χ1n) is 10.1. The highest BCUT2D eigenvalue weighted by Crippen LogP contribution is 2.31. The maximum absolute atomic E-state index is 12.7. The highest BCUT2D eigenvalue weighted by atomic mass is 32.2. The molecule has 1 aromatic heterocycles. The zero-order chi connectivity index (χ0) is 23.6. The van der Waals surface area contributed by atoms with Crippen molar-refractivity contribution in [1.82, 2.24) is 10.3 Å². The molecule has 4 rings (SSSR count). The topological polar surface area (TPSA) is 84.6 Å². The fraction of sp³-hybridized carbons (Fsp3) is 0.304. The summed E-state index contributed by atoms with van der Waals surface area (Å²) in [5, 5.41) is 12.2. The Labute approximate surface area is 192 Å². The van der Waals surface area contributed by atoms with Gasteiger partial charge in [-0.1, -0.05) is 12.1 Å².